The maximum Gasteiger partial charge on any atom is 0.0998 e. The SMILES string of the molecule is C(=NC1=CC=CC1)=NC1=CC=CC1. The predicted octanol–water partition coefficient (Wildman–Crippen LogP) is 2.85. The number of hydrogen-bond donors (Lipinski definition) is 0. The Labute approximate surface area is 77.4 Å². The van der Waals surface area contributed by atoms with Gasteiger partial charge in [-0.2, -0.15) is 9.98 Å². The largest absolute Gasteiger partial charge is 0.192 e. The Morgan fingerprint density at radius 3 is 1.85 bits per heavy atom. The van der Waals surface area contributed by atoms with Crippen LogP contribution in [0.5, 0.6) is 0 Å². The van der Waals surface area contributed by atoms with Crippen LogP contribution in [0.2, 0.25) is 0 Å². The van der Waals surface area contributed by atoms with Crippen molar-refractivity contribution < 1.29 is 0 Å². The zero-order chi connectivity index (χ0) is 8.93. The van der Waals surface area contributed by atoms with Crippen LogP contribution in [0.1, 0.15) is 12.8 Å². The van der Waals surface area contributed by atoms with E-state index in [9.17, 15) is 0 Å². The van der Waals surface area contributed by atoms with E-state index in [-0.39, 0.29) is 0 Å². The lowest BCUT2D eigenvalue weighted by atomic mass is 10.4. The maximum atomic E-state index is 4.10. The Kier molecular flexibility index (Phi) is 2.35. The average molecular weight is 170 g/mol. The zero-order valence-electron chi connectivity index (χ0n) is 7.27. The van der Waals surface area contributed by atoms with Crippen molar-refractivity contribution in [3.05, 3.63) is 47.9 Å². The summed E-state index contributed by atoms with van der Waals surface area (Å²) in [6, 6.07) is 2.70. The molecular weight excluding hydrogens is 160 g/mol. The molecule has 0 amide bonds. The van der Waals surface area contributed by atoms with Crippen molar-refractivity contribution in [1.82, 2.24) is 0 Å². The van der Waals surface area contributed by atoms with Gasteiger partial charge in [0.2, 0.25) is 0 Å². The van der Waals surface area contributed by atoms with Crippen LogP contribution in [0.25, 0.3) is 0 Å². The van der Waals surface area contributed by atoms with Gasteiger partial charge < -0.3 is 0 Å². The quantitative estimate of drug-likeness (QED) is 0.569. The minimum atomic E-state index is 0.903. The Morgan fingerprint density at radius 1 is 0.923 bits per heavy atom. The molecule has 0 radical (unpaired) electrons. The summed E-state index contributed by atoms with van der Waals surface area (Å²) >= 11 is 0. The van der Waals surface area contributed by atoms with Crippen molar-refractivity contribution in [2.24, 2.45) is 9.98 Å². The first-order valence-corrected chi connectivity index (χ1v) is 4.33. The van der Waals surface area contributed by atoms with E-state index < -0.39 is 0 Å². The molecule has 0 atom stereocenters. The van der Waals surface area contributed by atoms with Crippen molar-refractivity contribution in [2.75, 3.05) is 0 Å². The van der Waals surface area contributed by atoms with Crippen LogP contribution < -0.4 is 0 Å². The van der Waals surface area contributed by atoms with Crippen LogP contribution in [0.4, 0.5) is 0 Å². The van der Waals surface area contributed by atoms with E-state index in [2.05, 4.69) is 28.1 Å². The summed E-state index contributed by atoms with van der Waals surface area (Å²) in [5.41, 5.74) is 2.05. The number of aliphatic imine (C=N–C) groups is 2. The molecule has 0 N–H and O–H groups in total. The van der Waals surface area contributed by atoms with E-state index in [1.54, 1.807) is 0 Å². The molecule has 64 valence electrons. The summed E-state index contributed by atoms with van der Waals surface area (Å²) in [7, 11) is 0. The topological polar surface area (TPSA) is 24.7 Å². The fraction of sp³-hybridized carbons (Fsp3) is 0.182. The Hall–Kier alpha value is -1.66. The summed E-state index contributed by atoms with van der Waals surface area (Å²) in [5, 5.41) is 0. The minimum absolute atomic E-state index is 0.903. The van der Waals surface area contributed by atoms with Crippen molar-refractivity contribution in [3.8, 4) is 0 Å². The first kappa shape index (κ1) is 7.96. The van der Waals surface area contributed by atoms with Gasteiger partial charge in [0, 0.05) is 12.8 Å². The molecule has 0 spiro atoms. The van der Waals surface area contributed by atoms with Gasteiger partial charge in [-0.05, 0) is 12.2 Å². The minimum Gasteiger partial charge on any atom is -0.192 e. The van der Waals surface area contributed by atoms with E-state index in [1.807, 2.05) is 24.3 Å². The van der Waals surface area contributed by atoms with Crippen molar-refractivity contribution in [2.45, 2.75) is 12.8 Å². The first-order chi connectivity index (χ1) is 6.45. The normalized spacial score (nSPS) is 18.2. The van der Waals surface area contributed by atoms with Gasteiger partial charge in [-0.1, -0.05) is 24.3 Å². The van der Waals surface area contributed by atoms with Gasteiger partial charge in [0.15, 0.2) is 0 Å². The van der Waals surface area contributed by atoms with E-state index >= 15 is 0 Å². The van der Waals surface area contributed by atoms with Gasteiger partial charge in [0.1, 0.15) is 0 Å². The molecule has 2 aliphatic carbocycles. The second kappa shape index (κ2) is 3.83. The Morgan fingerprint density at radius 2 is 1.46 bits per heavy atom. The molecule has 0 bridgehead atoms. The molecule has 2 heteroatoms. The molecular formula is C11H10N2. The third-order valence-electron chi connectivity index (χ3n) is 1.89. The number of allylic oxidation sites excluding steroid dienone is 6. The first-order valence-electron chi connectivity index (χ1n) is 4.33. The average Bonchev–Trinajstić information content (AvgIpc) is 2.75. The molecule has 0 saturated carbocycles. The molecule has 2 rings (SSSR count). The monoisotopic (exact) mass is 170 g/mol. The molecule has 0 aromatic rings. The van der Waals surface area contributed by atoms with Crippen LogP contribution in [0.15, 0.2) is 57.8 Å². The predicted molar refractivity (Wildman–Crippen MR) is 53.5 cm³/mol. The lowest BCUT2D eigenvalue weighted by Crippen LogP contribution is -1.71. The Balaban J connectivity index is 1.96. The lowest BCUT2D eigenvalue weighted by molar-refractivity contribution is 1.18. The third kappa shape index (κ3) is 2.14. The van der Waals surface area contributed by atoms with Gasteiger partial charge in [-0.25, -0.2) is 0 Å². The highest BCUT2D eigenvalue weighted by Crippen LogP contribution is 2.12. The third-order valence-corrected chi connectivity index (χ3v) is 1.89. The van der Waals surface area contributed by atoms with Crippen molar-refractivity contribution >= 4 is 6.01 Å². The molecule has 13 heavy (non-hydrogen) atoms. The number of hydrogen-bond acceptors (Lipinski definition) is 2. The second-order valence-electron chi connectivity index (χ2n) is 2.90. The van der Waals surface area contributed by atoms with Crippen molar-refractivity contribution in [3.63, 3.8) is 0 Å². The summed E-state index contributed by atoms with van der Waals surface area (Å²) in [6.45, 7) is 0. The van der Waals surface area contributed by atoms with E-state index in [0.717, 1.165) is 24.2 Å². The highest BCUT2D eigenvalue weighted by atomic mass is 14.8. The summed E-state index contributed by atoms with van der Waals surface area (Å²) in [4.78, 5) is 8.20. The zero-order valence-corrected chi connectivity index (χ0v) is 7.27. The van der Waals surface area contributed by atoms with E-state index in [0.29, 0.717) is 0 Å². The second-order valence-corrected chi connectivity index (χ2v) is 2.90. The molecule has 0 saturated heterocycles. The van der Waals surface area contributed by atoms with E-state index in [1.165, 1.54) is 0 Å². The lowest BCUT2D eigenvalue weighted by Gasteiger charge is -1.86. The van der Waals surface area contributed by atoms with Crippen LogP contribution in [0, 0.1) is 0 Å². The van der Waals surface area contributed by atoms with Crippen molar-refractivity contribution in [1.29, 1.82) is 0 Å². The van der Waals surface area contributed by atoms with Gasteiger partial charge in [-0.15, -0.1) is 0 Å². The fourth-order valence-corrected chi connectivity index (χ4v) is 1.19. The highest BCUT2D eigenvalue weighted by molar-refractivity contribution is 5.48. The molecule has 2 nitrogen and oxygen atoms in total. The van der Waals surface area contributed by atoms with Gasteiger partial charge >= 0.3 is 0 Å². The Bertz CT molecular complexity index is 341. The van der Waals surface area contributed by atoms with Crippen LogP contribution in [-0.4, -0.2) is 6.01 Å². The summed E-state index contributed by atoms with van der Waals surface area (Å²) in [5.74, 6) is 0. The van der Waals surface area contributed by atoms with Crippen LogP contribution >= 0.6 is 0 Å². The fourth-order valence-electron chi connectivity index (χ4n) is 1.19. The molecule has 0 aromatic carbocycles. The molecule has 0 unspecified atom stereocenters. The van der Waals surface area contributed by atoms with Gasteiger partial charge in [0.25, 0.3) is 0 Å². The molecule has 0 aromatic heterocycles. The number of nitrogens with zero attached hydrogens (tertiary/aromatic N) is 2. The van der Waals surface area contributed by atoms with Gasteiger partial charge in [0.05, 0.1) is 17.4 Å². The standard InChI is InChI=1S/C11H10N2/c1-2-6-10(5-1)12-9-13-11-7-3-4-8-11/h1-5,7H,6,8H2. The smallest absolute Gasteiger partial charge is 0.0998 e. The van der Waals surface area contributed by atoms with E-state index in [4.69, 9.17) is 0 Å². The summed E-state index contributed by atoms with van der Waals surface area (Å²) in [6.07, 6.45) is 13.9. The highest BCUT2D eigenvalue weighted by Gasteiger charge is 1.95. The molecule has 2 aliphatic rings. The molecule has 0 aliphatic heterocycles. The molecule has 0 fully saturated rings. The van der Waals surface area contributed by atoms with Crippen LogP contribution in [0.3, 0.4) is 0 Å². The van der Waals surface area contributed by atoms with Crippen LogP contribution in [-0.2, 0) is 0 Å². The summed E-state index contributed by atoms with van der Waals surface area (Å²) < 4.78 is 0. The van der Waals surface area contributed by atoms with Gasteiger partial charge in [-0.3, -0.25) is 0 Å². The molecule has 0 heterocycles. The number of rotatable bonds is 2. The maximum absolute atomic E-state index is 4.10.